The third kappa shape index (κ3) is 12.5. The Kier molecular flexibility index (Phi) is 14.9. The van der Waals surface area contributed by atoms with Crippen LogP contribution in [0.5, 0.6) is 23.0 Å². The number of unbranched alkanes of at least 4 members (excludes halogenated alkanes) is 6. The molecular formula is C40H44N2O6. The van der Waals surface area contributed by atoms with Gasteiger partial charge in [0.15, 0.2) is 0 Å². The van der Waals surface area contributed by atoms with Crippen LogP contribution in [0.3, 0.4) is 0 Å². The lowest BCUT2D eigenvalue weighted by Crippen LogP contribution is -2.08. The molecule has 0 bridgehead atoms. The lowest BCUT2D eigenvalue weighted by molar-refractivity contribution is 0.0725. The van der Waals surface area contributed by atoms with Gasteiger partial charge in [-0.2, -0.15) is 10.2 Å². The summed E-state index contributed by atoms with van der Waals surface area (Å²) in [5, 5.41) is 8.19. The van der Waals surface area contributed by atoms with E-state index < -0.39 is 11.9 Å². The van der Waals surface area contributed by atoms with Gasteiger partial charge in [-0.25, -0.2) is 9.59 Å². The van der Waals surface area contributed by atoms with Crippen molar-refractivity contribution in [1.29, 1.82) is 0 Å². The molecule has 0 spiro atoms. The Labute approximate surface area is 283 Å². The van der Waals surface area contributed by atoms with Crippen molar-refractivity contribution in [3.63, 3.8) is 0 Å². The number of hydrogen-bond acceptors (Lipinski definition) is 8. The van der Waals surface area contributed by atoms with Crippen molar-refractivity contribution in [1.82, 2.24) is 0 Å². The van der Waals surface area contributed by atoms with E-state index in [0.717, 1.165) is 48.3 Å². The minimum atomic E-state index is -0.441. The molecule has 0 fully saturated rings. The van der Waals surface area contributed by atoms with E-state index in [0.29, 0.717) is 35.8 Å². The third-order valence-corrected chi connectivity index (χ3v) is 7.37. The third-order valence-electron chi connectivity index (χ3n) is 7.37. The van der Waals surface area contributed by atoms with Crippen LogP contribution in [0.2, 0.25) is 0 Å². The Morgan fingerprint density at radius 3 is 1.19 bits per heavy atom. The first kappa shape index (κ1) is 35.6. The molecule has 0 radical (unpaired) electrons. The summed E-state index contributed by atoms with van der Waals surface area (Å²) in [6.07, 6.45) is 12.3. The molecule has 0 unspecified atom stereocenters. The zero-order chi connectivity index (χ0) is 33.8. The summed E-state index contributed by atoms with van der Waals surface area (Å²) in [4.78, 5) is 25.1. The second-order valence-corrected chi connectivity index (χ2v) is 11.3. The van der Waals surface area contributed by atoms with Gasteiger partial charge in [0.05, 0.1) is 36.8 Å². The average Bonchev–Trinajstić information content (AvgIpc) is 3.12. The highest BCUT2D eigenvalue weighted by Crippen LogP contribution is 2.19. The molecule has 0 saturated carbocycles. The van der Waals surface area contributed by atoms with Crippen LogP contribution in [0.1, 0.15) is 97.1 Å². The van der Waals surface area contributed by atoms with Crippen LogP contribution in [0.15, 0.2) is 107 Å². The van der Waals surface area contributed by atoms with E-state index in [-0.39, 0.29) is 0 Å². The van der Waals surface area contributed by atoms with Crippen LogP contribution in [-0.4, -0.2) is 37.6 Å². The van der Waals surface area contributed by atoms with Gasteiger partial charge in [-0.15, -0.1) is 0 Å². The van der Waals surface area contributed by atoms with Gasteiger partial charge in [-0.3, -0.25) is 0 Å². The minimum Gasteiger partial charge on any atom is -0.494 e. The fourth-order valence-electron chi connectivity index (χ4n) is 4.59. The van der Waals surface area contributed by atoms with Gasteiger partial charge in [0, 0.05) is 0 Å². The second-order valence-electron chi connectivity index (χ2n) is 11.3. The van der Waals surface area contributed by atoms with Crippen LogP contribution < -0.4 is 18.9 Å². The normalized spacial score (nSPS) is 11.1. The van der Waals surface area contributed by atoms with Gasteiger partial charge < -0.3 is 18.9 Å². The van der Waals surface area contributed by atoms with E-state index in [9.17, 15) is 9.59 Å². The largest absolute Gasteiger partial charge is 0.494 e. The molecule has 0 saturated heterocycles. The van der Waals surface area contributed by atoms with Gasteiger partial charge >= 0.3 is 11.9 Å². The Hall–Kier alpha value is -5.24. The van der Waals surface area contributed by atoms with Crippen molar-refractivity contribution >= 4 is 24.4 Å². The molecule has 0 N–H and O–H groups in total. The summed E-state index contributed by atoms with van der Waals surface area (Å²) >= 11 is 0. The van der Waals surface area contributed by atoms with E-state index in [1.54, 1.807) is 109 Å². The van der Waals surface area contributed by atoms with Gasteiger partial charge in [-0.05, 0) is 121 Å². The monoisotopic (exact) mass is 648 g/mol. The molecule has 0 amide bonds. The number of carbonyl (C=O) groups excluding carboxylic acids is 2. The molecule has 0 atom stereocenters. The van der Waals surface area contributed by atoms with E-state index in [4.69, 9.17) is 18.9 Å². The van der Waals surface area contributed by atoms with Crippen molar-refractivity contribution < 1.29 is 28.5 Å². The van der Waals surface area contributed by atoms with Gasteiger partial charge in [-0.1, -0.05) is 52.4 Å². The minimum absolute atomic E-state index is 0.428. The van der Waals surface area contributed by atoms with E-state index >= 15 is 0 Å². The molecule has 250 valence electrons. The molecular weight excluding hydrogens is 604 g/mol. The fraction of sp³-hybridized carbons (Fsp3) is 0.300. The van der Waals surface area contributed by atoms with Crippen LogP contribution in [0.25, 0.3) is 0 Å². The van der Waals surface area contributed by atoms with E-state index in [1.165, 1.54) is 25.7 Å². The summed E-state index contributed by atoms with van der Waals surface area (Å²) in [6.45, 7) is 5.70. The maximum absolute atomic E-state index is 12.6. The molecule has 8 heteroatoms. The van der Waals surface area contributed by atoms with E-state index in [2.05, 4.69) is 24.1 Å². The smallest absolute Gasteiger partial charge is 0.343 e. The number of esters is 2. The molecule has 0 aliphatic carbocycles. The predicted octanol–water partition coefficient (Wildman–Crippen LogP) is 9.50. The molecule has 0 heterocycles. The van der Waals surface area contributed by atoms with Crippen molar-refractivity contribution in [2.24, 2.45) is 10.2 Å². The first-order valence-electron chi connectivity index (χ1n) is 16.7. The Morgan fingerprint density at radius 1 is 0.479 bits per heavy atom. The van der Waals surface area contributed by atoms with Crippen molar-refractivity contribution in [2.45, 2.75) is 65.2 Å². The maximum atomic E-state index is 12.6. The van der Waals surface area contributed by atoms with Crippen LogP contribution in [0, 0.1) is 0 Å². The molecule has 8 nitrogen and oxygen atoms in total. The molecule has 0 aromatic heterocycles. The Balaban J connectivity index is 1.18. The molecule has 0 aliphatic rings. The molecule has 4 rings (SSSR count). The van der Waals surface area contributed by atoms with E-state index in [1.807, 2.05) is 0 Å². The number of carbonyl (C=O) groups is 2. The molecule has 4 aromatic rings. The summed E-state index contributed by atoms with van der Waals surface area (Å²) in [7, 11) is 0. The van der Waals surface area contributed by atoms with Crippen molar-refractivity contribution in [3.05, 3.63) is 119 Å². The average molecular weight is 649 g/mol. The zero-order valence-corrected chi connectivity index (χ0v) is 27.8. The second kappa shape index (κ2) is 20.1. The van der Waals surface area contributed by atoms with Crippen LogP contribution >= 0.6 is 0 Å². The Bertz CT molecular complexity index is 1470. The maximum Gasteiger partial charge on any atom is 0.343 e. The molecule has 48 heavy (non-hydrogen) atoms. The number of ether oxygens (including phenoxy) is 4. The summed E-state index contributed by atoms with van der Waals surface area (Å²) in [6, 6.07) is 27.9. The molecule has 4 aromatic carbocycles. The summed E-state index contributed by atoms with van der Waals surface area (Å²) in [5.41, 5.74) is 2.48. The number of hydrogen-bond donors (Lipinski definition) is 0. The fourth-order valence-corrected chi connectivity index (χ4v) is 4.59. The quantitative estimate of drug-likeness (QED) is 0.0330. The standard InChI is InChI=1S/C40H44N2O6/c1-3-5-7-9-27-45-35-23-15-33(16-24-35)39(43)47-37-19-11-31(12-20-37)29-41-42-30-32-13-21-38(22-14-32)48-40(44)34-17-25-36(26-18-34)46-28-10-8-6-4-2/h11-26,29-30H,3-10,27-28H2,1-2H3/b41-29+,42-30+. The molecule has 0 aliphatic heterocycles. The topological polar surface area (TPSA) is 95.8 Å². The lowest BCUT2D eigenvalue weighted by Gasteiger charge is -2.08. The SMILES string of the molecule is CCCCCCOc1ccc(C(=O)Oc2ccc(/C=N/N=C/c3ccc(OC(=O)c4ccc(OCCCCCC)cc4)cc3)cc2)cc1. The number of nitrogens with zero attached hydrogens (tertiary/aromatic N) is 2. The summed E-state index contributed by atoms with van der Waals surface area (Å²) < 4.78 is 22.5. The number of benzene rings is 4. The summed E-state index contributed by atoms with van der Waals surface area (Å²) in [5.74, 6) is 1.45. The predicted molar refractivity (Wildman–Crippen MR) is 190 cm³/mol. The van der Waals surface area contributed by atoms with Crippen LogP contribution in [-0.2, 0) is 0 Å². The van der Waals surface area contributed by atoms with Crippen LogP contribution in [0.4, 0.5) is 0 Å². The highest BCUT2D eigenvalue weighted by Gasteiger charge is 2.10. The Morgan fingerprint density at radius 2 is 0.833 bits per heavy atom. The van der Waals surface area contributed by atoms with Gasteiger partial charge in [0.1, 0.15) is 23.0 Å². The van der Waals surface area contributed by atoms with Gasteiger partial charge in [0.2, 0.25) is 0 Å². The zero-order valence-electron chi connectivity index (χ0n) is 27.8. The van der Waals surface area contributed by atoms with Crippen molar-refractivity contribution in [2.75, 3.05) is 13.2 Å². The van der Waals surface area contributed by atoms with Crippen molar-refractivity contribution in [3.8, 4) is 23.0 Å². The number of rotatable bonds is 19. The lowest BCUT2D eigenvalue weighted by atomic mass is 10.2. The highest BCUT2D eigenvalue weighted by molar-refractivity contribution is 5.92. The highest BCUT2D eigenvalue weighted by atomic mass is 16.5. The first-order chi connectivity index (χ1) is 23.5. The van der Waals surface area contributed by atoms with Gasteiger partial charge in [0.25, 0.3) is 0 Å². The first-order valence-corrected chi connectivity index (χ1v) is 16.7.